The number of thiazole rings is 1. The zero-order chi connectivity index (χ0) is 16.8. The first-order valence-electron chi connectivity index (χ1n) is 8.46. The number of amides is 2. The quantitative estimate of drug-likeness (QED) is 0.600. The van der Waals surface area contributed by atoms with E-state index in [1.54, 1.807) is 23.1 Å². The third-order valence-corrected chi connectivity index (χ3v) is 6.19. The van der Waals surface area contributed by atoms with E-state index in [1.165, 1.54) is 32.4 Å². The van der Waals surface area contributed by atoms with Crippen LogP contribution in [0.25, 0.3) is 10.2 Å². The van der Waals surface area contributed by atoms with Crippen LogP contribution in [0.1, 0.15) is 25.7 Å². The summed E-state index contributed by atoms with van der Waals surface area (Å²) >= 11 is 3.29. The number of hydrogen-bond acceptors (Lipinski definition) is 5. The van der Waals surface area contributed by atoms with Crippen molar-refractivity contribution >= 4 is 45.0 Å². The molecule has 1 aromatic carbocycles. The lowest BCUT2D eigenvalue weighted by atomic mass is 10.1. The Balaban J connectivity index is 1.42. The minimum Gasteiger partial charge on any atom is -0.338 e. The van der Waals surface area contributed by atoms with Gasteiger partial charge in [-0.1, -0.05) is 18.2 Å². The van der Waals surface area contributed by atoms with Gasteiger partial charge in [0.2, 0.25) is 0 Å². The number of anilines is 1. The molecular weight excluding hydrogens is 340 g/mol. The number of fused-ring (bicyclic) bond motifs is 1. The van der Waals surface area contributed by atoms with Crippen LogP contribution < -0.4 is 10.6 Å². The van der Waals surface area contributed by atoms with Gasteiger partial charge in [0.1, 0.15) is 0 Å². The molecule has 7 heteroatoms. The molecule has 1 fully saturated rings. The van der Waals surface area contributed by atoms with E-state index in [1.807, 2.05) is 24.5 Å². The number of nitrogens with zero attached hydrogens (tertiary/aromatic N) is 2. The fourth-order valence-electron chi connectivity index (χ4n) is 2.93. The van der Waals surface area contributed by atoms with Gasteiger partial charge < -0.3 is 15.5 Å². The van der Waals surface area contributed by atoms with Crippen molar-refractivity contribution in [3.8, 4) is 0 Å². The van der Waals surface area contributed by atoms with E-state index in [9.17, 15) is 4.79 Å². The van der Waals surface area contributed by atoms with E-state index >= 15 is 0 Å². The Morgan fingerprint density at radius 2 is 2.17 bits per heavy atom. The average molecular weight is 365 g/mol. The Bertz CT molecular complexity index is 682. The van der Waals surface area contributed by atoms with Gasteiger partial charge >= 0.3 is 6.03 Å². The Labute approximate surface area is 151 Å². The first kappa shape index (κ1) is 17.5. The van der Waals surface area contributed by atoms with Crippen LogP contribution in [0, 0.1) is 0 Å². The fraction of sp³-hybridized carbons (Fsp3) is 0.529. The van der Waals surface area contributed by atoms with Gasteiger partial charge in [-0.15, -0.1) is 11.3 Å². The first-order chi connectivity index (χ1) is 11.7. The number of likely N-dealkylation sites (tertiary alicyclic amines) is 1. The molecule has 2 amide bonds. The third kappa shape index (κ3) is 4.84. The number of hydrogen-bond donors (Lipinski definition) is 2. The van der Waals surface area contributed by atoms with E-state index < -0.39 is 0 Å². The summed E-state index contributed by atoms with van der Waals surface area (Å²) < 4.78 is 2.14. The van der Waals surface area contributed by atoms with Crippen molar-refractivity contribution in [3.05, 3.63) is 18.2 Å². The SMILES string of the molecule is CSc1nc2ccc(NC(=O)NCCCN3CCCCC3)cc2s1. The standard InChI is InChI=1S/C17H24N4OS2/c1-23-17-20-14-7-6-13(12-15(14)24-17)19-16(22)18-8-5-11-21-9-3-2-4-10-21/h6-7,12H,2-5,8-11H2,1H3,(H2,18,19,22). The molecule has 1 aromatic heterocycles. The summed E-state index contributed by atoms with van der Waals surface area (Å²) in [5, 5.41) is 5.85. The van der Waals surface area contributed by atoms with Gasteiger partial charge in [0.15, 0.2) is 4.34 Å². The number of piperidine rings is 1. The smallest absolute Gasteiger partial charge is 0.319 e. The van der Waals surface area contributed by atoms with Gasteiger partial charge in [-0.2, -0.15) is 0 Å². The topological polar surface area (TPSA) is 57.3 Å². The number of carbonyl (C=O) groups is 1. The summed E-state index contributed by atoms with van der Waals surface area (Å²) in [6.07, 6.45) is 7.00. The lowest BCUT2D eigenvalue weighted by molar-refractivity contribution is 0.224. The van der Waals surface area contributed by atoms with Crippen LogP contribution in [0.5, 0.6) is 0 Å². The molecule has 3 rings (SSSR count). The fourth-order valence-corrected chi connectivity index (χ4v) is 4.46. The number of thioether (sulfide) groups is 1. The minimum atomic E-state index is -0.136. The molecule has 0 unspecified atom stereocenters. The molecule has 2 N–H and O–H groups in total. The monoisotopic (exact) mass is 364 g/mol. The van der Waals surface area contributed by atoms with Crippen LogP contribution in [0.2, 0.25) is 0 Å². The van der Waals surface area contributed by atoms with E-state index in [-0.39, 0.29) is 6.03 Å². The van der Waals surface area contributed by atoms with E-state index in [2.05, 4.69) is 20.5 Å². The van der Waals surface area contributed by atoms with Gasteiger partial charge in [-0.25, -0.2) is 9.78 Å². The molecule has 1 aliphatic rings. The molecule has 2 heterocycles. The summed E-state index contributed by atoms with van der Waals surface area (Å²) in [6, 6.07) is 5.71. The van der Waals surface area contributed by atoms with Crippen LogP contribution in [0.15, 0.2) is 22.5 Å². The van der Waals surface area contributed by atoms with Crippen LogP contribution >= 0.6 is 23.1 Å². The second-order valence-electron chi connectivity index (χ2n) is 6.00. The normalized spacial score (nSPS) is 15.5. The minimum absolute atomic E-state index is 0.136. The molecule has 0 radical (unpaired) electrons. The first-order valence-corrected chi connectivity index (χ1v) is 10.5. The van der Waals surface area contributed by atoms with Crippen LogP contribution in [-0.2, 0) is 0 Å². The number of carbonyl (C=O) groups excluding carboxylic acids is 1. The molecule has 0 spiro atoms. The predicted octanol–water partition coefficient (Wildman–Crippen LogP) is 4.02. The molecule has 0 atom stereocenters. The summed E-state index contributed by atoms with van der Waals surface area (Å²) in [4.78, 5) is 19.0. The Morgan fingerprint density at radius 1 is 1.33 bits per heavy atom. The second-order valence-corrected chi connectivity index (χ2v) is 8.09. The van der Waals surface area contributed by atoms with Gasteiger partial charge in [0.25, 0.3) is 0 Å². The number of benzene rings is 1. The molecule has 1 saturated heterocycles. The highest BCUT2D eigenvalue weighted by atomic mass is 32.2. The van der Waals surface area contributed by atoms with E-state index in [0.717, 1.165) is 33.2 Å². The van der Waals surface area contributed by atoms with E-state index in [4.69, 9.17) is 0 Å². The molecule has 0 bridgehead atoms. The zero-order valence-electron chi connectivity index (χ0n) is 14.0. The molecule has 0 saturated carbocycles. The van der Waals surface area contributed by atoms with Crippen LogP contribution in [-0.4, -0.2) is 48.3 Å². The molecule has 130 valence electrons. The summed E-state index contributed by atoms with van der Waals surface area (Å²) in [7, 11) is 0. The number of nitrogens with one attached hydrogen (secondary N) is 2. The Hall–Kier alpha value is -1.31. The van der Waals surface area contributed by atoms with Crippen LogP contribution in [0.3, 0.4) is 0 Å². The largest absolute Gasteiger partial charge is 0.338 e. The zero-order valence-corrected chi connectivity index (χ0v) is 15.6. The maximum absolute atomic E-state index is 12.0. The van der Waals surface area contributed by atoms with Crippen molar-refractivity contribution in [2.45, 2.75) is 30.0 Å². The Morgan fingerprint density at radius 3 is 2.96 bits per heavy atom. The van der Waals surface area contributed by atoms with E-state index in [0.29, 0.717) is 6.54 Å². The average Bonchev–Trinajstić information content (AvgIpc) is 3.02. The molecule has 2 aromatic rings. The summed E-state index contributed by atoms with van der Waals surface area (Å²) in [5.41, 5.74) is 1.80. The molecule has 0 aliphatic carbocycles. The molecule has 5 nitrogen and oxygen atoms in total. The van der Waals surface area contributed by atoms with Gasteiger partial charge in [-0.05, 0) is 63.4 Å². The van der Waals surface area contributed by atoms with Gasteiger partial charge in [0.05, 0.1) is 10.2 Å². The van der Waals surface area contributed by atoms with Crippen molar-refractivity contribution in [1.82, 2.24) is 15.2 Å². The number of aromatic nitrogens is 1. The highest BCUT2D eigenvalue weighted by molar-refractivity contribution is 8.00. The Kier molecular flexibility index (Phi) is 6.34. The predicted molar refractivity (Wildman–Crippen MR) is 103 cm³/mol. The van der Waals surface area contributed by atoms with Crippen molar-refractivity contribution in [2.24, 2.45) is 0 Å². The molecule has 1 aliphatic heterocycles. The number of rotatable bonds is 6. The van der Waals surface area contributed by atoms with Crippen molar-refractivity contribution in [3.63, 3.8) is 0 Å². The maximum atomic E-state index is 12.0. The van der Waals surface area contributed by atoms with Crippen molar-refractivity contribution in [1.29, 1.82) is 0 Å². The molecule has 24 heavy (non-hydrogen) atoms. The number of urea groups is 1. The summed E-state index contributed by atoms with van der Waals surface area (Å²) in [5.74, 6) is 0. The highest BCUT2D eigenvalue weighted by Crippen LogP contribution is 2.29. The second kappa shape index (κ2) is 8.69. The van der Waals surface area contributed by atoms with Crippen molar-refractivity contribution in [2.75, 3.05) is 37.8 Å². The van der Waals surface area contributed by atoms with Crippen LogP contribution in [0.4, 0.5) is 10.5 Å². The lowest BCUT2D eigenvalue weighted by Gasteiger charge is -2.26. The lowest BCUT2D eigenvalue weighted by Crippen LogP contribution is -2.34. The maximum Gasteiger partial charge on any atom is 0.319 e. The van der Waals surface area contributed by atoms with Gasteiger partial charge in [0, 0.05) is 12.2 Å². The van der Waals surface area contributed by atoms with Crippen molar-refractivity contribution < 1.29 is 4.79 Å². The third-order valence-electron chi connectivity index (χ3n) is 4.19. The highest BCUT2D eigenvalue weighted by Gasteiger charge is 2.10. The summed E-state index contributed by atoms with van der Waals surface area (Å²) in [6.45, 7) is 4.20. The molecular formula is C17H24N4OS2. The van der Waals surface area contributed by atoms with Gasteiger partial charge in [-0.3, -0.25) is 0 Å².